The molecule has 4 aromatic carbocycles. The van der Waals surface area contributed by atoms with Crippen molar-refractivity contribution in [1.82, 2.24) is 0 Å². The van der Waals surface area contributed by atoms with E-state index in [9.17, 15) is 0 Å². The van der Waals surface area contributed by atoms with Crippen molar-refractivity contribution >= 4 is 41.1 Å². The highest BCUT2D eigenvalue weighted by molar-refractivity contribution is 7.80. The number of rotatable bonds is 7. The van der Waals surface area contributed by atoms with Crippen LogP contribution in [0, 0.1) is 0 Å². The normalized spacial score (nSPS) is 15.4. The number of para-hydroxylation sites is 1. The van der Waals surface area contributed by atoms with E-state index in [0.717, 1.165) is 70.9 Å². The quantitative estimate of drug-likeness (QED) is 0.168. The van der Waals surface area contributed by atoms with Gasteiger partial charge in [-0.3, -0.25) is 0 Å². The van der Waals surface area contributed by atoms with Crippen molar-refractivity contribution in [1.29, 1.82) is 0 Å². The summed E-state index contributed by atoms with van der Waals surface area (Å²) in [5.74, 6) is 4.25. The number of hydrogen-bond acceptors (Lipinski definition) is 6. The lowest BCUT2D eigenvalue weighted by molar-refractivity contribution is 0.409. The highest BCUT2D eigenvalue weighted by Crippen LogP contribution is 2.65. The van der Waals surface area contributed by atoms with Crippen molar-refractivity contribution in [2.24, 2.45) is 0 Å². The Morgan fingerprint density at radius 1 is 0.658 bits per heavy atom. The summed E-state index contributed by atoms with van der Waals surface area (Å²) in [4.78, 5) is 7.04. The molecule has 5 nitrogen and oxygen atoms in total. The summed E-state index contributed by atoms with van der Waals surface area (Å²) >= 11 is 4.64. The zero-order valence-corrected chi connectivity index (χ0v) is 22.8. The summed E-state index contributed by atoms with van der Waals surface area (Å²) in [6, 6.07) is 25.8. The third-order valence-electron chi connectivity index (χ3n) is 8.08. The summed E-state index contributed by atoms with van der Waals surface area (Å²) in [7, 11) is 0. The van der Waals surface area contributed by atoms with Gasteiger partial charge in [-0.05, 0) is 57.2 Å². The predicted molar refractivity (Wildman–Crippen MR) is 159 cm³/mol. The Kier molecular flexibility index (Phi) is 5.48. The Morgan fingerprint density at radius 2 is 1.21 bits per heavy atom. The zero-order valence-electron chi connectivity index (χ0n) is 21.9. The van der Waals surface area contributed by atoms with Crippen LogP contribution in [0.15, 0.2) is 72.8 Å². The van der Waals surface area contributed by atoms with Gasteiger partial charge in [-0.25, -0.2) is 0 Å². The highest BCUT2D eigenvalue weighted by atomic mass is 32.1. The van der Waals surface area contributed by atoms with Gasteiger partial charge < -0.3 is 24.2 Å². The number of anilines is 5. The van der Waals surface area contributed by atoms with E-state index in [-0.39, 0.29) is 5.92 Å². The predicted octanol–water partition coefficient (Wildman–Crippen LogP) is 8.42. The van der Waals surface area contributed by atoms with Crippen molar-refractivity contribution in [3.8, 4) is 23.0 Å². The van der Waals surface area contributed by atoms with E-state index >= 15 is 0 Å². The monoisotopic (exact) mass is 521 g/mol. The molecular weight excluding hydrogens is 490 g/mol. The molecule has 0 saturated carbocycles. The molecule has 1 atom stereocenters. The molecule has 1 unspecified atom stereocenters. The molecule has 6 heteroatoms. The van der Waals surface area contributed by atoms with Crippen molar-refractivity contribution in [3.63, 3.8) is 0 Å². The summed E-state index contributed by atoms with van der Waals surface area (Å²) < 4.78 is 13.3. The minimum absolute atomic E-state index is 0.0459. The van der Waals surface area contributed by atoms with Gasteiger partial charge in [0.1, 0.15) is 23.0 Å². The van der Waals surface area contributed by atoms with Crippen LogP contribution in [0.1, 0.15) is 43.4 Å². The maximum absolute atomic E-state index is 6.66. The number of thiol groups is 1. The Bertz CT molecular complexity index is 1450. The fourth-order valence-corrected chi connectivity index (χ4v) is 6.64. The first-order valence-electron chi connectivity index (χ1n) is 13.5. The molecule has 0 aliphatic carbocycles. The third kappa shape index (κ3) is 3.26. The van der Waals surface area contributed by atoms with Crippen LogP contribution in [0.3, 0.4) is 0 Å². The van der Waals surface area contributed by atoms with E-state index in [1.165, 1.54) is 16.8 Å². The second-order valence-electron chi connectivity index (χ2n) is 9.90. The minimum Gasteiger partial charge on any atom is -0.456 e. The van der Waals surface area contributed by atoms with Crippen LogP contribution in [0.2, 0.25) is 0 Å². The van der Waals surface area contributed by atoms with E-state index < -0.39 is 0 Å². The van der Waals surface area contributed by atoms with Gasteiger partial charge in [0.25, 0.3) is 0 Å². The summed E-state index contributed by atoms with van der Waals surface area (Å²) in [5, 5.41) is 0. The van der Waals surface area contributed by atoms with Gasteiger partial charge in [-0.2, -0.15) is 12.6 Å². The molecular formula is C32H31N3O2S. The van der Waals surface area contributed by atoms with Crippen LogP contribution in [0.4, 0.5) is 28.4 Å². The molecule has 0 spiro atoms. The average Bonchev–Trinajstić information content (AvgIpc) is 2.94. The van der Waals surface area contributed by atoms with Gasteiger partial charge in [-0.15, -0.1) is 0 Å². The molecule has 0 amide bonds. The number of ether oxygens (including phenoxy) is 2. The fourth-order valence-electron chi connectivity index (χ4n) is 6.27. The van der Waals surface area contributed by atoms with E-state index in [1.54, 1.807) is 0 Å². The van der Waals surface area contributed by atoms with Crippen molar-refractivity contribution in [3.05, 3.63) is 89.5 Å². The van der Waals surface area contributed by atoms with Gasteiger partial charge in [0.05, 0.1) is 23.2 Å². The molecule has 4 aromatic rings. The molecule has 0 fully saturated rings. The Hall–Kier alpha value is -3.77. The molecule has 192 valence electrons. The van der Waals surface area contributed by atoms with E-state index in [0.29, 0.717) is 5.88 Å². The second-order valence-corrected chi connectivity index (χ2v) is 10.2. The highest BCUT2D eigenvalue weighted by Gasteiger charge is 2.45. The molecule has 0 radical (unpaired) electrons. The van der Waals surface area contributed by atoms with E-state index in [4.69, 9.17) is 9.47 Å². The Morgan fingerprint density at radius 3 is 1.74 bits per heavy atom. The second kappa shape index (κ2) is 8.91. The molecule has 3 aliphatic heterocycles. The van der Waals surface area contributed by atoms with Crippen LogP contribution < -0.4 is 24.2 Å². The minimum atomic E-state index is 0.0459. The first-order valence-corrected chi connectivity index (χ1v) is 14.1. The number of nitrogens with zero attached hydrogens (tertiary/aromatic N) is 3. The summed E-state index contributed by atoms with van der Waals surface area (Å²) in [6.45, 7) is 9.28. The lowest BCUT2D eigenvalue weighted by Gasteiger charge is -2.45. The van der Waals surface area contributed by atoms with Crippen molar-refractivity contribution in [2.45, 2.75) is 26.7 Å². The first-order chi connectivity index (χ1) is 18.7. The lowest BCUT2D eigenvalue weighted by atomic mass is 9.75. The van der Waals surface area contributed by atoms with Gasteiger partial charge in [0, 0.05) is 65.5 Å². The van der Waals surface area contributed by atoms with Gasteiger partial charge in [-0.1, -0.05) is 24.3 Å². The maximum Gasteiger partial charge on any atom is 0.135 e. The molecule has 0 bridgehead atoms. The molecule has 0 aromatic heterocycles. The topological polar surface area (TPSA) is 28.2 Å². The summed E-state index contributed by atoms with van der Waals surface area (Å²) in [5.41, 5.74) is 9.21. The molecule has 0 N–H and O–H groups in total. The Balaban J connectivity index is 1.59. The molecule has 3 aliphatic rings. The van der Waals surface area contributed by atoms with Crippen LogP contribution in [0.5, 0.6) is 23.0 Å². The summed E-state index contributed by atoms with van der Waals surface area (Å²) in [6.07, 6.45) is 0. The van der Waals surface area contributed by atoms with Crippen LogP contribution >= 0.6 is 12.6 Å². The first kappa shape index (κ1) is 23.4. The average molecular weight is 522 g/mol. The third-order valence-corrected chi connectivity index (χ3v) is 8.43. The van der Waals surface area contributed by atoms with Crippen molar-refractivity contribution in [2.75, 3.05) is 40.2 Å². The van der Waals surface area contributed by atoms with E-state index in [1.807, 2.05) is 6.07 Å². The van der Waals surface area contributed by atoms with Crippen LogP contribution in [0.25, 0.3) is 0 Å². The van der Waals surface area contributed by atoms with Crippen LogP contribution in [-0.2, 0) is 0 Å². The van der Waals surface area contributed by atoms with Gasteiger partial charge >= 0.3 is 0 Å². The van der Waals surface area contributed by atoms with Gasteiger partial charge in [0.15, 0.2) is 0 Å². The lowest BCUT2D eigenvalue weighted by Crippen LogP contribution is -2.29. The molecule has 38 heavy (non-hydrogen) atoms. The molecule has 3 heterocycles. The molecule has 7 rings (SSSR count). The largest absolute Gasteiger partial charge is 0.456 e. The molecule has 0 saturated heterocycles. The smallest absolute Gasteiger partial charge is 0.135 e. The fraction of sp³-hybridized carbons (Fsp3) is 0.250. The number of hydrogen-bond donors (Lipinski definition) is 1. The SMILES string of the molecule is CCN(CC)c1cc2c3c(c1)N(c1ccccc1)c1cc(N(CC)CS)cc4c1C3c1c(cccc1O4)O2. The Labute approximate surface area is 229 Å². The van der Waals surface area contributed by atoms with Gasteiger partial charge in [0.2, 0.25) is 0 Å². The number of benzene rings is 4. The maximum atomic E-state index is 6.66. The van der Waals surface area contributed by atoms with E-state index in [2.05, 4.69) is 115 Å². The zero-order chi connectivity index (χ0) is 26.0. The standard InChI is InChI=1S/C32H31N3O2S/c1-4-33(5-2)21-15-23-29-27(17-21)36-25-13-10-14-26-31(25)32(29)30-24(35(23)20-11-8-7-9-12-20)16-22(18-28(30)37-26)34(6-3)19-38/h7-18,32,38H,4-6,19H2,1-3H3. The van der Waals surface area contributed by atoms with Crippen molar-refractivity contribution < 1.29 is 9.47 Å². The van der Waals surface area contributed by atoms with Crippen LogP contribution in [-0.4, -0.2) is 25.5 Å².